The highest BCUT2D eigenvalue weighted by molar-refractivity contribution is 5.94. The molecule has 22 heavy (non-hydrogen) atoms. The molecule has 1 aromatic carbocycles. The van der Waals surface area contributed by atoms with Gasteiger partial charge in [-0.15, -0.1) is 0 Å². The third-order valence-electron chi connectivity index (χ3n) is 4.10. The van der Waals surface area contributed by atoms with Gasteiger partial charge in [0, 0.05) is 44.6 Å². The lowest BCUT2D eigenvalue weighted by Gasteiger charge is -2.22. The number of carbonyl (C=O) groups is 1. The standard InChI is InChI=1S/C17H26N2O3/c1-19(10-11-20)16-6-4-15(5-7-16)17(21)18-9-8-14-3-2-12-22-13-14/h4-7,14,20H,2-3,8-13H2,1H3,(H,18,21). The Balaban J connectivity index is 1.77. The Morgan fingerprint density at radius 3 is 2.82 bits per heavy atom. The summed E-state index contributed by atoms with van der Waals surface area (Å²) in [5, 5.41) is 11.9. The van der Waals surface area contributed by atoms with Gasteiger partial charge in [-0.1, -0.05) is 0 Å². The van der Waals surface area contributed by atoms with Crippen molar-refractivity contribution in [2.45, 2.75) is 19.3 Å². The van der Waals surface area contributed by atoms with Gasteiger partial charge in [-0.25, -0.2) is 0 Å². The summed E-state index contributed by atoms with van der Waals surface area (Å²) in [6.07, 6.45) is 3.30. The van der Waals surface area contributed by atoms with E-state index in [1.807, 2.05) is 36.2 Å². The van der Waals surface area contributed by atoms with Crippen molar-refractivity contribution in [3.05, 3.63) is 29.8 Å². The molecular formula is C17H26N2O3. The molecule has 2 rings (SSSR count). The van der Waals surface area contributed by atoms with E-state index in [9.17, 15) is 4.79 Å². The van der Waals surface area contributed by atoms with E-state index in [0.29, 0.717) is 24.6 Å². The summed E-state index contributed by atoms with van der Waals surface area (Å²) in [4.78, 5) is 14.0. The highest BCUT2D eigenvalue weighted by Crippen LogP contribution is 2.17. The number of likely N-dealkylation sites (N-methyl/N-ethyl adjacent to an activating group) is 1. The molecule has 1 aliphatic rings. The number of ether oxygens (including phenoxy) is 1. The molecule has 0 saturated carbocycles. The first kappa shape index (κ1) is 16.8. The first-order valence-electron chi connectivity index (χ1n) is 7.98. The number of rotatable bonds is 7. The zero-order valence-corrected chi connectivity index (χ0v) is 13.3. The third-order valence-corrected chi connectivity index (χ3v) is 4.10. The summed E-state index contributed by atoms with van der Waals surface area (Å²) in [7, 11) is 1.91. The van der Waals surface area contributed by atoms with E-state index in [1.54, 1.807) is 0 Å². The Morgan fingerprint density at radius 1 is 1.41 bits per heavy atom. The Bertz CT molecular complexity index is 455. The minimum absolute atomic E-state index is 0.0342. The van der Waals surface area contributed by atoms with Crippen molar-refractivity contribution in [3.8, 4) is 0 Å². The number of nitrogens with one attached hydrogen (secondary N) is 1. The van der Waals surface area contributed by atoms with Gasteiger partial charge in [-0.05, 0) is 49.4 Å². The number of benzene rings is 1. The molecule has 1 saturated heterocycles. The van der Waals surface area contributed by atoms with Crippen LogP contribution in [0.1, 0.15) is 29.6 Å². The van der Waals surface area contributed by atoms with Gasteiger partial charge in [-0.2, -0.15) is 0 Å². The van der Waals surface area contributed by atoms with E-state index >= 15 is 0 Å². The maximum absolute atomic E-state index is 12.1. The van der Waals surface area contributed by atoms with Gasteiger partial charge >= 0.3 is 0 Å². The Morgan fingerprint density at radius 2 is 2.18 bits per heavy atom. The molecule has 5 nitrogen and oxygen atoms in total. The van der Waals surface area contributed by atoms with E-state index in [0.717, 1.165) is 31.7 Å². The number of aliphatic hydroxyl groups excluding tert-OH is 1. The number of amides is 1. The minimum atomic E-state index is -0.0342. The monoisotopic (exact) mass is 306 g/mol. The maximum Gasteiger partial charge on any atom is 0.251 e. The normalized spacial score (nSPS) is 18.0. The molecule has 0 spiro atoms. The Hall–Kier alpha value is -1.59. The van der Waals surface area contributed by atoms with Crippen LogP contribution >= 0.6 is 0 Å². The molecule has 1 amide bonds. The highest BCUT2D eigenvalue weighted by atomic mass is 16.5. The molecule has 122 valence electrons. The van der Waals surface area contributed by atoms with Crippen LogP contribution in [0, 0.1) is 5.92 Å². The summed E-state index contributed by atoms with van der Waals surface area (Å²) >= 11 is 0. The van der Waals surface area contributed by atoms with Crippen LogP contribution < -0.4 is 10.2 Å². The highest BCUT2D eigenvalue weighted by Gasteiger charge is 2.14. The number of nitrogens with zero attached hydrogens (tertiary/aromatic N) is 1. The van der Waals surface area contributed by atoms with Crippen molar-refractivity contribution in [2.75, 3.05) is 44.9 Å². The van der Waals surface area contributed by atoms with Crippen LogP contribution in [0.15, 0.2) is 24.3 Å². The van der Waals surface area contributed by atoms with E-state index in [4.69, 9.17) is 9.84 Å². The maximum atomic E-state index is 12.1. The second-order valence-corrected chi connectivity index (χ2v) is 5.82. The fourth-order valence-corrected chi connectivity index (χ4v) is 2.67. The minimum Gasteiger partial charge on any atom is -0.395 e. The molecule has 0 aliphatic carbocycles. The van der Waals surface area contributed by atoms with Gasteiger partial charge in [0.2, 0.25) is 0 Å². The van der Waals surface area contributed by atoms with Crippen LogP contribution in [-0.2, 0) is 4.74 Å². The molecule has 1 heterocycles. The summed E-state index contributed by atoms with van der Waals surface area (Å²) < 4.78 is 5.44. The summed E-state index contributed by atoms with van der Waals surface area (Å²) in [5.74, 6) is 0.539. The zero-order valence-electron chi connectivity index (χ0n) is 13.3. The predicted octanol–water partition coefficient (Wildman–Crippen LogP) is 1.66. The van der Waals surface area contributed by atoms with Gasteiger partial charge < -0.3 is 20.1 Å². The van der Waals surface area contributed by atoms with Crippen LogP contribution in [0.2, 0.25) is 0 Å². The first-order chi connectivity index (χ1) is 10.7. The number of anilines is 1. The third kappa shape index (κ3) is 5.00. The average Bonchev–Trinajstić information content (AvgIpc) is 2.56. The summed E-state index contributed by atoms with van der Waals surface area (Å²) in [5.41, 5.74) is 1.66. The lowest BCUT2D eigenvalue weighted by Crippen LogP contribution is -2.28. The van der Waals surface area contributed by atoms with Crippen molar-refractivity contribution in [3.63, 3.8) is 0 Å². The van der Waals surface area contributed by atoms with Gasteiger partial charge in [0.05, 0.1) is 6.61 Å². The van der Waals surface area contributed by atoms with E-state index in [-0.39, 0.29) is 12.5 Å². The molecule has 1 aromatic rings. The second kappa shape index (κ2) is 8.76. The number of hydrogen-bond donors (Lipinski definition) is 2. The number of carbonyl (C=O) groups excluding carboxylic acids is 1. The van der Waals surface area contributed by atoms with Gasteiger partial charge in [0.15, 0.2) is 0 Å². The number of aliphatic hydroxyl groups is 1. The fraction of sp³-hybridized carbons (Fsp3) is 0.588. The van der Waals surface area contributed by atoms with Crippen LogP contribution in [0.5, 0.6) is 0 Å². The van der Waals surface area contributed by atoms with E-state index < -0.39 is 0 Å². The largest absolute Gasteiger partial charge is 0.395 e. The molecule has 0 radical (unpaired) electrons. The smallest absolute Gasteiger partial charge is 0.251 e. The van der Waals surface area contributed by atoms with Crippen LogP contribution in [0.3, 0.4) is 0 Å². The Kier molecular flexibility index (Phi) is 6.68. The molecular weight excluding hydrogens is 280 g/mol. The van der Waals surface area contributed by atoms with E-state index in [1.165, 1.54) is 6.42 Å². The second-order valence-electron chi connectivity index (χ2n) is 5.82. The van der Waals surface area contributed by atoms with Crippen molar-refractivity contribution >= 4 is 11.6 Å². The first-order valence-corrected chi connectivity index (χ1v) is 7.98. The lowest BCUT2D eigenvalue weighted by molar-refractivity contribution is 0.0514. The van der Waals surface area contributed by atoms with Gasteiger partial charge in [0.1, 0.15) is 0 Å². The molecule has 0 bridgehead atoms. The quantitative estimate of drug-likeness (QED) is 0.804. The van der Waals surface area contributed by atoms with Crippen molar-refractivity contribution in [1.29, 1.82) is 0 Å². The predicted molar refractivity (Wildman–Crippen MR) is 87.3 cm³/mol. The SMILES string of the molecule is CN(CCO)c1ccc(C(=O)NCCC2CCCOC2)cc1. The molecule has 0 aromatic heterocycles. The molecule has 1 atom stereocenters. The van der Waals surface area contributed by atoms with Crippen molar-refractivity contribution in [1.82, 2.24) is 5.32 Å². The summed E-state index contributed by atoms with van der Waals surface area (Å²) in [6.45, 7) is 3.08. The van der Waals surface area contributed by atoms with Crippen molar-refractivity contribution < 1.29 is 14.6 Å². The van der Waals surface area contributed by atoms with Crippen LogP contribution in [0.4, 0.5) is 5.69 Å². The molecule has 1 unspecified atom stereocenters. The van der Waals surface area contributed by atoms with Gasteiger partial charge in [0.25, 0.3) is 5.91 Å². The van der Waals surface area contributed by atoms with Crippen LogP contribution in [0.25, 0.3) is 0 Å². The number of hydrogen-bond acceptors (Lipinski definition) is 4. The molecule has 2 N–H and O–H groups in total. The average molecular weight is 306 g/mol. The zero-order chi connectivity index (χ0) is 15.8. The molecule has 5 heteroatoms. The topological polar surface area (TPSA) is 61.8 Å². The van der Waals surface area contributed by atoms with Gasteiger partial charge in [-0.3, -0.25) is 4.79 Å². The Labute approximate surface area is 132 Å². The summed E-state index contributed by atoms with van der Waals surface area (Å²) in [6, 6.07) is 7.45. The molecule has 1 fully saturated rings. The van der Waals surface area contributed by atoms with E-state index in [2.05, 4.69) is 5.32 Å². The lowest BCUT2D eigenvalue weighted by atomic mass is 9.99. The molecule has 1 aliphatic heterocycles. The fourth-order valence-electron chi connectivity index (χ4n) is 2.67. The van der Waals surface area contributed by atoms with Crippen molar-refractivity contribution in [2.24, 2.45) is 5.92 Å². The van der Waals surface area contributed by atoms with Crippen LogP contribution in [-0.4, -0.2) is 51.0 Å².